The summed E-state index contributed by atoms with van der Waals surface area (Å²) in [5, 5.41) is 0. The lowest BCUT2D eigenvalue weighted by molar-refractivity contribution is 0.492. The van der Waals surface area contributed by atoms with Crippen LogP contribution in [0.1, 0.15) is 25.3 Å². The second kappa shape index (κ2) is 2.76. The van der Waals surface area contributed by atoms with Gasteiger partial charge in [0.1, 0.15) is 0 Å². The molecule has 76 valence electrons. The number of benzene rings is 1. The average Bonchev–Trinajstić information content (AvgIpc) is 2.59. The normalized spacial score (nSPS) is 28.9. The Hall–Kier alpha value is -0.960. The van der Waals surface area contributed by atoms with Crippen LogP contribution in [0.15, 0.2) is 18.2 Å². The fourth-order valence-electron chi connectivity index (χ4n) is 2.03. The minimum absolute atomic E-state index is 0.0572. The first-order valence-corrected chi connectivity index (χ1v) is 4.65. The van der Waals surface area contributed by atoms with E-state index in [1.165, 1.54) is 6.07 Å². The fourth-order valence-corrected chi connectivity index (χ4v) is 2.03. The van der Waals surface area contributed by atoms with Gasteiger partial charge in [0, 0.05) is 12.0 Å². The van der Waals surface area contributed by atoms with Crippen LogP contribution in [0.3, 0.4) is 0 Å². The molecule has 1 aliphatic carbocycles. The summed E-state index contributed by atoms with van der Waals surface area (Å²) in [5.41, 5.74) is 6.09. The van der Waals surface area contributed by atoms with Gasteiger partial charge in [-0.1, -0.05) is 26.0 Å². The zero-order chi connectivity index (χ0) is 10.5. The highest BCUT2D eigenvalue weighted by molar-refractivity contribution is 5.35. The number of hydrogen-bond acceptors (Lipinski definition) is 1. The van der Waals surface area contributed by atoms with Crippen LogP contribution in [0.2, 0.25) is 0 Å². The van der Waals surface area contributed by atoms with E-state index in [4.69, 9.17) is 5.73 Å². The minimum Gasteiger partial charge on any atom is -0.327 e. The van der Waals surface area contributed by atoms with Crippen molar-refractivity contribution in [2.75, 3.05) is 0 Å². The zero-order valence-electron chi connectivity index (χ0n) is 8.22. The highest BCUT2D eigenvalue weighted by Gasteiger charge is 2.57. The van der Waals surface area contributed by atoms with Crippen molar-refractivity contribution in [1.29, 1.82) is 0 Å². The largest absolute Gasteiger partial charge is 0.327 e. The van der Waals surface area contributed by atoms with Gasteiger partial charge in [0.25, 0.3) is 0 Å². The lowest BCUT2D eigenvalue weighted by Gasteiger charge is -2.04. The molecule has 2 unspecified atom stereocenters. The average molecular weight is 197 g/mol. The van der Waals surface area contributed by atoms with Crippen LogP contribution >= 0.6 is 0 Å². The minimum atomic E-state index is -0.794. The maximum absolute atomic E-state index is 13.4. The van der Waals surface area contributed by atoms with Crippen molar-refractivity contribution < 1.29 is 8.78 Å². The fraction of sp³-hybridized carbons (Fsp3) is 0.455. The molecular weight excluding hydrogens is 184 g/mol. The topological polar surface area (TPSA) is 26.0 Å². The summed E-state index contributed by atoms with van der Waals surface area (Å²) in [7, 11) is 0. The van der Waals surface area contributed by atoms with Crippen LogP contribution in [-0.2, 0) is 0 Å². The predicted molar refractivity (Wildman–Crippen MR) is 50.9 cm³/mol. The lowest BCUT2D eigenvalue weighted by atomic mass is 10.0. The molecule has 2 rings (SSSR count). The molecule has 0 radical (unpaired) electrons. The third-order valence-electron chi connectivity index (χ3n) is 3.23. The van der Waals surface area contributed by atoms with Gasteiger partial charge in [-0.2, -0.15) is 0 Å². The molecule has 1 aromatic carbocycles. The summed E-state index contributed by atoms with van der Waals surface area (Å²) in [5.74, 6) is -1.60. The van der Waals surface area contributed by atoms with Crippen molar-refractivity contribution in [3.63, 3.8) is 0 Å². The molecule has 14 heavy (non-hydrogen) atoms. The van der Waals surface area contributed by atoms with Crippen LogP contribution in [0.25, 0.3) is 0 Å². The molecule has 0 spiro atoms. The first-order chi connectivity index (χ1) is 6.46. The molecule has 0 bridgehead atoms. The maximum atomic E-state index is 13.4. The van der Waals surface area contributed by atoms with E-state index in [2.05, 4.69) is 0 Å². The molecule has 2 N–H and O–H groups in total. The molecule has 3 heteroatoms. The SMILES string of the molecule is CC1(C)C(N)C1c1cccc(F)c1F. The number of nitrogens with two attached hydrogens (primary N) is 1. The van der Waals surface area contributed by atoms with Crippen molar-refractivity contribution in [3.8, 4) is 0 Å². The van der Waals surface area contributed by atoms with Crippen molar-refractivity contribution >= 4 is 0 Å². The van der Waals surface area contributed by atoms with Crippen molar-refractivity contribution in [1.82, 2.24) is 0 Å². The number of hydrogen-bond donors (Lipinski definition) is 1. The van der Waals surface area contributed by atoms with Gasteiger partial charge in [-0.25, -0.2) is 8.78 Å². The van der Waals surface area contributed by atoms with Crippen molar-refractivity contribution in [2.45, 2.75) is 25.8 Å². The van der Waals surface area contributed by atoms with E-state index < -0.39 is 11.6 Å². The Morgan fingerprint density at radius 3 is 2.36 bits per heavy atom. The second-order valence-electron chi connectivity index (χ2n) is 4.47. The van der Waals surface area contributed by atoms with E-state index in [9.17, 15) is 8.78 Å². The molecule has 2 atom stereocenters. The summed E-state index contributed by atoms with van der Waals surface area (Å²) >= 11 is 0. The molecule has 0 heterocycles. The Kier molecular flexibility index (Phi) is 1.89. The van der Waals surface area contributed by atoms with Crippen molar-refractivity contribution in [3.05, 3.63) is 35.4 Å². The van der Waals surface area contributed by atoms with Crippen LogP contribution in [0.5, 0.6) is 0 Å². The van der Waals surface area contributed by atoms with Gasteiger partial charge >= 0.3 is 0 Å². The molecule has 0 aliphatic heterocycles. The van der Waals surface area contributed by atoms with Gasteiger partial charge in [0.15, 0.2) is 11.6 Å². The van der Waals surface area contributed by atoms with E-state index in [-0.39, 0.29) is 17.4 Å². The first kappa shape index (κ1) is 9.59. The first-order valence-electron chi connectivity index (χ1n) is 4.65. The zero-order valence-corrected chi connectivity index (χ0v) is 8.22. The van der Waals surface area contributed by atoms with Crippen LogP contribution in [-0.4, -0.2) is 6.04 Å². The van der Waals surface area contributed by atoms with Crippen LogP contribution in [0, 0.1) is 17.0 Å². The standard InChI is InChI=1S/C11H13F2N/c1-11(2)8(10(11)14)6-4-3-5-7(12)9(6)13/h3-5,8,10H,14H2,1-2H3. The molecule has 1 fully saturated rings. The van der Waals surface area contributed by atoms with Crippen LogP contribution in [0.4, 0.5) is 8.78 Å². The quantitative estimate of drug-likeness (QED) is 0.735. The van der Waals surface area contributed by atoms with Gasteiger partial charge in [-0.3, -0.25) is 0 Å². The Balaban J connectivity index is 2.40. The third-order valence-corrected chi connectivity index (χ3v) is 3.23. The van der Waals surface area contributed by atoms with E-state index in [1.54, 1.807) is 6.07 Å². The van der Waals surface area contributed by atoms with Gasteiger partial charge < -0.3 is 5.73 Å². The molecule has 1 nitrogen and oxygen atoms in total. The highest BCUT2D eigenvalue weighted by Crippen LogP contribution is 2.57. The van der Waals surface area contributed by atoms with Crippen LogP contribution < -0.4 is 5.73 Å². The Morgan fingerprint density at radius 2 is 1.86 bits per heavy atom. The predicted octanol–water partition coefficient (Wildman–Crippen LogP) is 2.42. The Labute approximate surface area is 81.9 Å². The summed E-state index contributed by atoms with van der Waals surface area (Å²) in [4.78, 5) is 0. The van der Waals surface area contributed by atoms with Crippen molar-refractivity contribution in [2.24, 2.45) is 11.1 Å². The Bertz CT molecular complexity index is 374. The summed E-state index contributed by atoms with van der Waals surface area (Å²) in [6.07, 6.45) is 0. The number of rotatable bonds is 1. The molecule has 0 aromatic heterocycles. The monoisotopic (exact) mass is 197 g/mol. The highest BCUT2D eigenvalue weighted by atomic mass is 19.2. The third kappa shape index (κ3) is 1.16. The molecule has 1 saturated carbocycles. The lowest BCUT2D eigenvalue weighted by Crippen LogP contribution is -2.06. The Morgan fingerprint density at radius 1 is 1.29 bits per heavy atom. The summed E-state index contributed by atoms with van der Waals surface area (Å²) in [6.45, 7) is 3.93. The maximum Gasteiger partial charge on any atom is 0.162 e. The van der Waals surface area contributed by atoms with Gasteiger partial charge in [0.05, 0.1) is 0 Å². The molecular formula is C11H13F2N. The molecule has 0 amide bonds. The summed E-state index contributed by atoms with van der Waals surface area (Å²) in [6, 6.07) is 4.19. The van der Waals surface area contributed by atoms with Gasteiger partial charge in [-0.15, -0.1) is 0 Å². The molecule has 1 aliphatic rings. The van der Waals surface area contributed by atoms with E-state index >= 15 is 0 Å². The van der Waals surface area contributed by atoms with Gasteiger partial charge in [-0.05, 0) is 17.0 Å². The van der Waals surface area contributed by atoms with E-state index in [1.807, 2.05) is 13.8 Å². The summed E-state index contributed by atoms with van der Waals surface area (Å²) < 4.78 is 26.3. The molecule has 0 saturated heterocycles. The van der Waals surface area contributed by atoms with Gasteiger partial charge in [0.2, 0.25) is 0 Å². The van der Waals surface area contributed by atoms with E-state index in [0.717, 1.165) is 6.07 Å². The smallest absolute Gasteiger partial charge is 0.162 e. The molecule has 1 aromatic rings. The second-order valence-corrected chi connectivity index (χ2v) is 4.47. The number of halogens is 2. The van der Waals surface area contributed by atoms with E-state index in [0.29, 0.717) is 5.56 Å².